The van der Waals surface area contributed by atoms with E-state index in [0.29, 0.717) is 21.8 Å². The molecule has 0 atom stereocenters. The monoisotopic (exact) mass is 427 g/mol. The van der Waals surface area contributed by atoms with Crippen molar-refractivity contribution in [2.45, 2.75) is 0 Å². The number of rotatable bonds is 5. The molecular weight excluding hydrogens is 410 g/mol. The lowest BCUT2D eigenvalue weighted by molar-refractivity contribution is 0.0954. The van der Waals surface area contributed by atoms with Crippen LogP contribution in [0.25, 0.3) is 10.8 Å². The predicted octanol–water partition coefficient (Wildman–Crippen LogP) is 5.51. The van der Waals surface area contributed by atoms with Gasteiger partial charge in [0.05, 0.1) is 16.8 Å². The minimum atomic E-state index is -0.347. The van der Waals surface area contributed by atoms with Crippen molar-refractivity contribution < 1.29 is 9.59 Å². The first-order chi connectivity index (χ1) is 15.1. The molecule has 4 aromatic carbocycles. The molecule has 0 aliphatic carbocycles. The van der Waals surface area contributed by atoms with Gasteiger partial charge in [-0.15, -0.1) is 0 Å². The Labute approximate surface area is 184 Å². The topological polar surface area (TPSA) is 70.6 Å². The Morgan fingerprint density at radius 1 is 0.774 bits per heavy atom. The normalized spacial score (nSPS) is 10.9. The summed E-state index contributed by atoms with van der Waals surface area (Å²) in [5.74, 6) is -0.664. The van der Waals surface area contributed by atoms with Crippen LogP contribution in [0.4, 0.5) is 5.69 Å². The lowest BCUT2D eigenvalue weighted by Gasteiger charge is -2.07. The molecule has 0 bridgehead atoms. The Bertz CT molecular complexity index is 1280. The second kappa shape index (κ2) is 9.24. The summed E-state index contributed by atoms with van der Waals surface area (Å²) in [5, 5.41) is 9.38. The van der Waals surface area contributed by atoms with Crippen LogP contribution in [0.1, 0.15) is 26.3 Å². The van der Waals surface area contributed by atoms with Gasteiger partial charge < -0.3 is 5.32 Å². The van der Waals surface area contributed by atoms with E-state index < -0.39 is 0 Å². The van der Waals surface area contributed by atoms with Crippen LogP contribution in [0.2, 0.25) is 5.02 Å². The summed E-state index contributed by atoms with van der Waals surface area (Å²) in [6, 6.07) is 27.2. The third kappa shape index (κ3) is 4.79. The Hall–Kier alpha value is -3.96. The molecule has 0 aliphatic rings. The summed E-state index contributed by atoms with van der Waals surface area (Å²) in [6.45, 7) is 0. The van der Waals surface area contributed by atoms with Gasteiger partial charge in [0.2, 0.25) is 0 Å². The number of carbonyl (C=O) groups is 2. The van der Waals surface area contributed by atoms with Gasteiger partial charge in [0, 0.05) is 16.8 Å². The lowest BCUT2D eigenvalue weighted by atomic mass is 10.1. The molecule has 0 saturated heterocycles. The minimum absolute atomic E-state index is 0.317. The van der Waals surface area contributed by atoms with Crippen molar-refractivity contribution in [1.29, 1.82) is 0 Å². The van der Waals surface area contributed by atoms with Crippen LogP contribution >= 0.6 is 11.6 Å². The Kier molecular flexibility index (Phi) is 6.05. The van der Waals surface area contributed by atoms with Crippen LogP contribution in [-0.4, -0.2) is 18.0 Å². The summed E-state index contributed by atoms with van der Waals surface area (Å²) >= 11 is 6.05. The largest absolute Gasteiger partial charge is 0.322 e. The number of hydrogen-bond acceptors (Lipinski definition) is 3. The molecule has 2 amide bonds. The molecule has 5 nitrogen and oxygen atoms in total. The highest BCUT2D eigenvalue weighted by Gasteiger charge is 2.10. The zero-order valence-electron chi connectivity index (χ0n) is 16.4. The van der Waals surface area contributed by atoms with Crippen LogP contribution < -0.4 is 10.7 Å². The molecule has 0 fully saturated rings. The first-order valence-corrected chi connectivity index (χ1v) is 9.97. The van der Waals surface area contributed by atoms with Crippen molar-refractivity contribution in [3.05, 3.63) is 113 Å². The molecule has 0 aliphatic heterocycles. The zero-order valence-corrected chi connectivity index (χ0v) is 17.1. The highest BCUT2D eigenvalue weighted by molar-refractivity contribution is 6.34. The second-order valence-corrected chi connectivity index (χ2v) is 7.19. The molecule has 4 aromatic rings. The van der Waals surface area contributed by atoms with Crippen molar-refractivity contribution in [1.82, 2.24) is 5.43 Å². The third-order valence-electron chi connectivity index (χ3n) is 4.72. The van der Waals surface area contributed by atoms with Crippen LogP contribution in [-0.2, 0) is 0 Å². The van der Waals surface area contributed by atoms with Gasteiger partial charge in [0.1, 0.15) is 0 Å². The zero-order chi connectivity index (χ0) is 21.6. The number of anilines is 1. The molecule has 0 spiro atoms. The van der Waals surface area contributed by atoms with Gasteiger partial charge in [-0.1, -0.05) is 66.2 Å². The smallest absolute Gasteiger partial charge is 0.271 e. The molecular formula is C25H18ClN3O2. The highest BCUT2D eigenvalue weighted by Crippen LogP contribution is 2.18. The number of amides is 2. The number of benzene rings is 4. The van der Waals surface area contributed by atoms with Gasteiger partial charge >= 0.3 is 0 Å². The van der Waals surface area contributed by atoms with Gasteiger partial charge in [0.15, 0.2) is 0 Å². The van der Waals surface area contributed by atoms with Crippen LogP contribution in [0.3, 0.4) is 0 Å². The van der Waals surface area contributed by atoms with E-state index in [9.17, 15) is 9.59 Å². The third-order valence-corrected chi connectivity index (χ3v) is 5.05. The van der Waals surface area contributed by atoms with Crippen LogP contribution in [0, 0.1) is 0 Å². The number of hydrazone groups is 1. The van der Waals surface area contributed by atoms with Gasteiger partial charge in [-0.2, -0.15) is 5.10 Å². The number of hydrogen-bond donors (Lipinski definition) is 2. The van der Waals surface area contributed by atoms with Crippen molar-refractivity contribution in [2.75, 3.05) is 5.32 Å². The summed E-state index contributed by atoms with van der Waals surface area (Å²) in [7, 11) is 0. The fourth-order valence-electron chi connectivity index (χ4n) is 3.14. The molecule has 0 aromatic heterocycles. The fraction of sp³-hybridized carbons (Fsp3) is 0. The molecule has 0 radical (unpaired) electrons. The summed E-state index contributed by atoms with van der Waals surface area (Å²) < 4.78 is 0. The average molecular weight is 428 g/mol. The molecule has 152 valence electrons. The highest BCUT2D eigenvalue weighted by atomic mass is 35.5. The SMILES string of the molecule is O=C(N/N=C\c1cccc2ccccc12)c1ccc(NC(=O)c2ccccc2Cl)cc1. The number of nitrogens with zero attached hydrogens (tertiary/aromatic N) is 1. The maximum absolute atomic E-state index is 12.4. The number of nitrogens with one attached hydrogen (secondary N) is 2. The van der Waals surface area contributed by atoms with Crippen molar-refractivity contribution >= 4 is 46.1 Å². The van der Waals surface area contributed by atoms with Gasteiger partial charge in [0.25, 0.3) is 11.8 Å². The first kappa shape index (κ1) is 20.3. The molecule has 31 heavy (non-hydrogen) atoms. The quantitative estimate of drug-likeness (QED) is 0.325. The van der Waals surface area contributed by atoms with E-state index in [1.54, 1.807) is 54.7 Å². The summed E-state index contributed by atoms with van der Waals surface area (Å²) in [6.07, 6.45) is 1.62. The van der Waals surface area contributed by atoms with Gasteiger partial charge in [-0.05, 0) is 47.2 Å². The van der Waals surface area contributed by atoms with E-state index in [2.05, 4.69) is 15.8 Å². The van der Waals surface area contributed by atoms with E-state index in [-0.39, 0.29) is 11.8 Å². The van der Waals surface area contributed by atoms with Gasteiger partial charge in [-0.3, -0.25) is 9.59 Å². The maximum atomic E-state index is 12.4. The van der Waals surface area contributed by atoms with Crippen molar-refractivity contribution in [2.24, 2.45) is 5.10 Å². The molecule has 0 heterocycles. The van der Waals surface area contributed by atoms with Crippen LogP contribution in [0.5, 0.6) is 0 Å². The van der Waals surface area contributed by atoms with E-state index in [1.807, 2.05) is 42.5 Å². The molecule has 2 N–H and O–H groups in total. The van der Waals surface area contributed by atoms with Crippen LogP contribution in [0.15, 0.2) is 96.1 Å². The summed E-state index contributed by atoms with van der Waals surface area (Å²) in [4.78, 5) is 24.7. The van der Waals surface area contributed by atoms with Gasteiger partial charge in [-0.25, -0.2) is 5.43 Å². The van der Waals surface area contributed by atoms with E-state index >= 15 is 0 Å². The average Bonchev–Trinajstić information content (AvgIpc) is 2.80. The number of carbonyl (C=O) groups excluding carboxylic acids is 2. The summed E-state index contributed by atoms with van der Waals surface area (Å²) in [5.41, 5.74) is 4.81. The fourth-order valence-corrected chi connectivity index (χ4v) is 3.36. The number of halogens is 1. The Morgan fingerprint density at radius 3 is 2.29 bits per heavy atom. The van der Waals surface area contributed by atoms with Crippen molar-refractivity contribution in [3.8, 4) is 0 Å². The van der Waals surface area contributed by atoms with E-state index in [1.165, 1.54) is 0 Å². The molecule has 4 rings (SSSR count). The second-order valence-electron chi connectivity index (χ2n) is 6.78. The maximum Gasteiger partial charge on any atom is 0.271 e. The molecule has 6 heteroatoms. The lowest BCUT2D eigenvalue weighted by Crippen LogP contribution is -2.18. The number of fused-ring (bicyclic) bond motifs is 1. The standard InChI is InChI=1S/C25H18ClN3O2/c26-23-11-4-3-10-22(23)25(31)28-20-14-12-18(13-15-20)24(30)29-27-16-19-8-5-7-17-6-1-2-9-21(17)19/h1-16H,(H,28,31)(H,29,30)/b27-16-. The van der Waals surface area contributed by atoms with E-state index in [4.69, 9.17) is 11.6 Å². The first-order valence-electron chi connectivity index (χ1n) is 9.59. The minimum Gasteiger partial charge on any atom is -0.322 e. The van der Waals surface area contributed by atoms with E-state index in [0.717, 1.165) is 16.3 Å². The van der Waals surface area contributed by atoms with Crippen molar-refractivity contribution in [3.63, 3.8) is 0 Å². The Balaban J connectivity index is 1.40. The molecule has 0 unspecified atom stereocenters. The predicted molar refractivity (Wildman–Crippen MR) is 125 cm³/mol. The Morgan fingerprint density at radius 2 is 1.48 bits per heavy atom. The molecule has 0 saturated carbocycles.